The SMILES string of the molecule is C=CC(=O)Nc1ccccc1C1CCNc2c(C(N)=O)c(-c3ccc(C(F)(F)F)c(Cl)c3)nn21.C=CC(=O)Nc1ccccc1C1CCNc2c(C(N)=O)c(-c3ccc(Cl)cc3)nn21.CC#CC(=O)N1CCC(C2CCNc3c(C(N)=O)c(-c4ccc(Oc5cccc(Cl)c5)cc4)nn32)CC1. The topological polar surface area (TPSA) is 307 Å². The van der Waals surface area contributed by atoms with Crippen molar-refractivity contribution in [1.29, 1.82) is 0 Å². The minimum Gasteiger partial charge on any atom is -0.457 e. The van der Waals surface area contributed by atoms with Crippen LogP contribution in [0.15, 0.2) is 165 Å². The Bertz CT molecular complexity index is 4760. The predicted molar refractivity (Wildman–Crippen MR) is 383 cm³/mol. The minimum absolute atomic E-state index is 0.0353. The number of fused-ring (bicyclic) bond motifs is 3. The van der Waals surface area contributed by atoms with Gasteiger partial charge in [0.25, 0.3) is 23.6 Å². The molecule has 0 aliphatic carbocycles. The molecule has 6 aromatic carbocycles. The number of amides is 6. The molecule has 0 saturated carbocycles. The van der Waals surface area contributed by atoms with Crippen LogP contribution >= 0.6 is 34.8 Å². The van der Waals surface area contributed by atoms with E-state index in [2.05, 4.69) is 56.7 Å². The van der Waals surface area contributed by atoms with Gasteiger partial charge in [-0.25, -0.2) is 14.0 Å². The third-order valence-electron chi connectivity index (χ3n) is 17.5. The van der Waals surface area contributed by atoms with Crippen LogP contribution in [0.4, 0.5) is 42.0 Å². The van der Waals surface area contributed by atoms with E-state index in [1.54, 1.807) is 70.9 Å². The van der Waals surface area contributed by atoms with Crippen molar-refractivity contribution in [2.75, 3.05) is 59.3 Å². The summed E-state index contributed by atoms with van der Waals surface area (Å²) in [6, 6.07) is 39.0. The molecule has 1 saturated heterocycles. The highest BCUT2D eigenvalue weighted by Gasteiger charge is 2.39. The number of nitrogens with two attached hydrogens (primary N) is 3. The van der Waals surface area contributed by atoms with Crippen LogP contribution in [0.25, 0.3) is 33.8 Å². The number of nitrogens with one attached hydrogen (secondary N) is 5. The number of alkyl halides is 3. The van der Waals surface area contributed by atoms with Gasteiger partial charge in [0.2, 0.25) is 11.8 Å². The maximum Gasteiger partial charge on any atom is 0.417 e. The van der Waals surface area contributed by atoms with E-state index in [0.29, 0.717) is 118 Å². The first kappa shape index (κ1) is 71.0. The van der Waals surface area contributed by atoms with Crippen LogP contribution in [0.2, 0.25) is 15.1 Å². The van der Waals surface area contributed by atoms with Crippen molar-refractivity contribution in [2.45, 2.75) is 63.3 Å². The van der Waals surface area contributed by atoms with Gasteiger partial charge in [0, 0.05) is 82.0 Å². The second-order valence-corrected chi connectivity index (χ2v) is 25.0. The summed E-state index contributed by atoms with van der Waals surface area (Å²) >= 11 is 18.0. The molecule has 6 amide bonds. The number of carbonyl (C=O) groups is 6. The molecule has 7 heterocycles. The van der Waals surface area contributed by atoms with Gasteiger partial charge in [0.05, 0.1) is 28.7 Å². The van der Waals surface area contributed by atoms with Crippen molar-refractivity contribution in [1.82, 2.24) is 34.2 Å². The van der Waals surface area contributed by atoms with Crippen LogP contribution in [0.1, 0.15) is 105 Å². The molecule has 9 aromatic rings. The number of likely N-dealkylation sites (tertiary alicyclic amines) is 1. The zero-order chi connectivity index (χ0) is 71.8. The summed E-state index contributed by atoms with van der Waals surface area (Å²) in [7, 11) is 0. The molecule has 3 aromatic heterocycles. The Morgan fingerprint density at radius 1 is 0.564 bits per heavy atom. The fraction of sp³-hybridized carbons (Fsp3) is 0.219. The second kappa shape index (κ2) is 30.8. The third-order valence-corrected chi connectivity index (χ3v) is 18.3. The van der Waals surface area contributed by atoms with Gasteiger partial charge in [0.15, 0.2) is 0 Å². The average Bonchev–Trinajstić information content (AvgIpc) is 1.62. The molecule has 11 N–H and O–H groups in total. The molecular weight excluding hydrogens is 1360 g/mol. The lowest BCUT2D eigenvalue weighted by Crippen LogP contribution is -2.41. The van der Waals surface area contributed by atoms with Gasteiger partial charge in [-0.3, -0.25) is 28.8 Å². The number of nitrogens with zero attached hydrogens (tertiary/aromatic N) is 7. The summed E-state index contributed by atoms with van der Waals surface area (Å²) in [5.74, 6) is 5.79. The monoisotopic (exact) mass is 1430 g/mol. The molecule has 22 nitrogen and oxygen atoms in total. The number of hydrogen-bond acceptors (Lipinski definition) is 13. The Kier molecular flexibility index (Phi) is 21.7. The zero-order valence-corrected chi connectivity index (χ0v) is 56.5. The first-order valence-electron chi connectivity index (χ1n) is 32.0. The standard InChI is InChI=1S/C28H28ClN5O3.C23H19ClF3N5O2.C22H20ClN5O2/c1-2-4-24(35)33-15-12-18(13-16-33)23-11-14-31-28-25(27(30)36)26(32-34(23)28)19-7-9-21(10-8-19)37-22-6-3-5-20(29)17-22;1-2-18(33)30-16-6-4-3-5-13(16)17-9-10-29-22-19(21(28)34)20(31-32(17)22)12-7-8-14(15(24)11-12)23(25,26)27;1-2-18(29)26-16-6-4-3-5-15(16)17-11-12-25-22-19(21(24)30)20(27-28(17)22)13-7-9-14(23)10-8-13/h3,5-10,17-18,23,31H,11-16H2,1H3,(H2,30,36);2-8,11,17,29H,1,9-10H2,(H2,28,34)(H,30,33);2-10,17,25H,1,11-12H2,(H2,24,30)(H,26,29). The number of carbonyl (C=O) groups excluding carboxylic acids is 6. The first-order chi connectivity index (χ1) is 48.5. The second-order valence-electron chi connectivity index (χ2n) is 23.7. The van der Waals surface area contributed by atoms with Crippen LogP contribution in [0, 0.1) is 17.8 Å². The van der Waals surface area contributed by atoms with Gasteiger partial charge >= 0.3 is 6.18 Å². The molecule has 3 atom stereocenters. The molecule has 4 aliphatic rings. The van der Waals surface area contributed by atoms with Crippen LogP contribution in [-0.4, -0.2) is 102 Å². The molecule has 0 radical (unpaired) electrons. The van der Waals surface area contributed by atoms with Gasteiger partial charge < -0.3 is 53.4 Å². The number of halogens is 6. The Labute approximate surface area is 593 Å². The number of rotatable bonds is 15. The van der Waals surface area contributed by atoms with E-state index >= 15 is 0 Å². The third kappa shape index (κ3) is 15.6. The highest BCUT2D eigenvalue weighted by Crippen LogP contribution is 2.45. The summed E-state index contributed by atoms with van der Waals surface area (Å²) < 4.78 is 50.6. The molecule has 4 aliphatic heterocycles. The smallest absolute Gasteiger partial charge is 0.417 e. The Hall–Kier alpha value is -11.3. The van der Waals surface area contributed by atoms with Crippen molar-refractivity contribution in [3.63, 3.8) is 0 Å². The van der Waals surface area contributed by atoms with E-state index in [9.17, 15) is 41.9 Å². The van der Waals surface area contributed by atoms with E-state index in [1.165, 1.54) is 12.1 Å². The fourth-order valence-corrected chi connectivity index (χ4v) is 13.5. The number of hydrogen-bond donors (Lipinski definition) is 8. The Morgan fingerprint density at radius 3 is 1.50 bits per heavy atom. The van der Waals surface area contributed by atoms with Crippen molar-refractivity contribution in [3.8, 4) is 57.1 Å². The minimum atomic E-state index is -4.62. The van der Waals surface area contributed by atoms with E-state index in [4.69, 9.17) is 66.9 Å². The van der Waals surface area contributed by atoms with Crippen molar-refractivity contribution < 1.29 is 46.7 Å². The molecule has 518 valence electrons. The predicted octanol–water partition coefficient (Wildman–Crippen LogP) is 13.4. The van der Waals surface area contributed by atoms with Crippen molar-refractivity contribution in [2.24, 2.45) is 23.1 Å². The van der Waals surface area contributed by atoms with Gasteiger partial charge in [-0.05, 0) is 142 Å². The zero-order valence-electron chi connectivity index (χ0n) is 54.2. The lowest BCUT2D eigenvalue weighted by Gasteiger charge is -2.37. The van der Waals surface area contributed by atoms with E-state index in [0.717, 1.165) is 66.3 Å². The quantitative estimate of drug-likeness (QED) is 0.0350. The molecule has 13 rings (SSSR count). The number of aromatic nitrogens is 6. The van der Waals surface area contributed by atoms with Gasteiger partial charge in [0.1, 0.15) is 62.7 Å². The number of anilines is 5. The van der Waals surface area contributed by atoms with Gasteiger partial charge in [-0.15, -0.1) is 0 Å². The van der Waals surface area contributed by atoms with Crippen LogP contribution in [-0.2, 0) is 20.6 Å². The number of benzene rings is 6. The van der Waals surface area contributed by atoms with Crippen LogP contribution in [0.3, 0.4) is 0 Å². The molecule has 3 unspecified atom stereocenters. The van der Waals surface area contributed by atoms with Crippen LogP contribution < -0.4 is 48.5 Å². The van der Waals surface area contributed by atoms with Gasteiger partial charge in [-0.2, -0.15) is 28.5 Å². The van der Waals surface area contributed by atoms with Crippen LogP contribution in [0.5, 0.6) is 11.5 Å². The summed E-state index contributed by atoms with van der Waals surface area (Å²) in [6.07, 6.45) is 1.62. The highest BCUT2D eigenvalue weighted by atomic mass is 35.5. The number of ether oxygens (including phenoxy) is 1. The van der Waals surface area contributed by atoms with Crippen molar-refractivity contribution >= 4 is 99.1 Å². The summed E-state index contributed by atoms with van der Waals surface area (Å²) in [6.45, 7) is 11.8. The van der Waals surface area contributed by atoms with Gasteiger partial charge in [-0.1, -0.05) is 115 Å². The Morgan fingerprint density at radius 2 is 1.03 bits per heavy atom. The Balaban J connectivity index is 0.000000153. The summed E-state index contributed by atoms with van der Waals surface area (Å²) in [5.41, 5.74) is 22.7. The number of primary amides is 3. The van der Waals surface area contributed by atoms with E-state index in [1.807, 2.05) is 76.3 Å². The normalized spacial score (nSPS) is 15.9. The largest absolute Gasteiger partial charge is 0.457 e. The number of para-hydroxylation sites is 2. The lowest BCUT2D eigenvalue weighted by atomic mass is 9.87. The average molecular weight is 1430 g/mol. The first-order valence-corrected chi connectivity index (χ1v) is 33.1. The highest BCUT2D eigenvalue weighted by molar-refractivity contribution is 6.32. The fourth-order valence-electron chi connectivity index (χ4n) is 12.9. The van der Waals surface area contributed by atoms with E-state index < -0.39 is 40.5 Å². The lowest BCUT2D eigenvalue weighted by molar-refractivity contribution is -0.137. The molecule has 1 fully saturated rings. The molecule has 0 spiro atoms. The molecule has 28 heteroatoms. The summed E-state index contributed by atoms with van der Waals surface area (Å²) in [4.78, 5) is 75.0. The maximum atomic E-state index is 13.1. The molecule has 101 heavy (non-hydrogen) atoms. The van der Waals surface area contributed by atoms with Crippen molar-refractivity contribution in [3.05, 3.63) is 213 Å². The molecular formula is C73H67Cl3F3N15O7. The maximum absolute atomic E-state index is 13.1. The van der Waals surface area contributed by atoms with E-state index in [-0.39, 0.29) is 46.6 Å². The number of piperidine rings is 1. The molecule has 0 bridgehead atoms. The summed E-state index contributed by atoms with van der Waals surface area (Å²) in [5, 5.41) is 30.2.